The minimum absolute atomic E-state index is 0.0113. The fourth-order valence-corrected chi connectivity index (χ4v) is 4.29. The van der Waals surface area contributed by atoms with Crippen molar-refractivity contribution in [2.45, 2.75) is 44.8 Å². The number of rotatable bonds is 8. The summed E-state index contributed by atoms with van der Waals surface area (Å²) in [7, 11) is 1.85. The number of likely N-dealkylation sites (tertiary alicyclic amines) is 1. The lowest BCUT2D eigenvalue weighted by Gasteiger charge is -2.39. The van der Waals surface area contributed by atoms with E-state index in [1.807, 2.05) is 72.6 Å². The number of amides is 2. The van der Waals surface area contributed by atoms with E-state index >= 15 is 0 Å². The molecule has 1 aliphatic carbocycles. The van der Waals surface area contributed by atoms with Crippen molar-refractivity contribution in [3.63, 3.8) is 0 Å². The van der Waals surface area contributed by atoms with Crippen LogP contribution in [0.4, 0.5) is 0 Å². The van der Waals surface area contributed by atoms with Gasteiger partial charge < -0.3 is 14.5 Å². The number of nitrogens with zero attached hydrogens (tertiary/aromatic N) is 2. The second kappa shape index (κ2) is 9.99. The molecule has 1 saturated heterocycles. The highest BCUT2D eigenvalue weighted by atomic mass is 16.5. The van der Waals surface area contributed by atoms with Crippen LogP contribution in [-0.4, -0.2) is 47.9 Å². The van der Waals surface area contributed by atoms with E-state index < -0.39 is 0 Å². The van der Waals surface area contributed by atoms with E-state index in [-0.39, 0.29) is 23.8 Å². The normalized spacial score (nSPS) is 20.9. The Morgan fingerprint density at radius 1 is 0.968 bits per heavy atom. The maximum atomic E-state index is 13.0. The molecule has 1 heterocycles. The lowest BCUT2D eigenvalue weighted by Crippen LogP contribution is -2.49. The van der Waals surface area contributed by atoms with Gasteiger partial charge in [-0.25, -0.2) is 0 Å². The van der Waals surface area contributed by atoms with E-state index in [0.717, 1.165) is 17.7 Å². The van der Waals surface area contributed by atoms with Gasteiger partial charge in [0.05, 0.1) is 0 Å². The molecule has 5 nitrogen and oxygen atoms in total. The molecule has 2 fully saturated rings. The highest BCUT2D eigenvalue weighted by molar-refractivity contribution is 5.78. The van der Waals surface area contributed by atoms with Gasteiger partial charge in [0, 0.05) is 51.9 Å². The molecule has 2 atom stereocenters. The van der Waals surface area contributed by atoms with Crippen LogP contribution >= 0.6 is 0 Å². The second-order valence-corrected chi connectivity index (χ2v) is 8.94. The highest BCUT2D eigenvalue weighted by Crippen LogP contribution is 2.34. The molecule has 2 aromatic carbocycles. The molecule has 2 aliphatic rings. The van der Waals surface area contributed by atoms with Crippen molar-refractivity contribution < 1.29 is 14.3 Å². The van der Waals surface area contributed by atoms with E-state index in [1.165, 1.54) is 12.8 Å². The standard InChI is InChI=1S/C26H32N2O3/c1-27(18-21-8-4-2-5-9-21)25(29)17-22-19-28(26(30)16-20-12-13-20)15-14-24(22)31-23-10-6-3-7-11-23/h2-11,20,22,24H,12-19H2,1H3/t22-,24-/m0/s1. The predicted octanol–water partition coefficient (Wildman–Crippen LogP) is 4.13. The van der Waals surface area contributed by atoms with Gasteiger partial charge in [0.1, 0.15) is 11.9 Å². The molecule has 0 unspecified atom stereocenters. The Hall–Kier alpha value is -2.82. The van der Waals surface area contributed by atoms with E-state index in [9.17, 15) is 9.59 Å². The monoisotopic (exact) mass is 420 g/mol. The molecule has 1 saturated carbocycles. The summed E-state index contributed by atoms with van der Waals surface area (Å²) in [6.07, 6.45) is 4.07. The smallest absolute Gasteiger partial charge is 0.223 e. The van der Waals surface area contributed by atoms with Gasteiger partial charge in [0.2, 0.25) is 11.8 Å². The van der Waals surface area contributed by atoms with E-state index in [0.29, 0.717) is 38.4 Å². The minimum atomic E-state index is -0.0681. The third-order valence-corrected chi connectivity index (χ3v) is 6.33. The van der Waals surface area contributed by atoms with Crippen molar-refractivity contribution in [2.75, 3.05) is 20.1 Å². The van der Waals surface area contributed by atoms with Gasteiger partial charge in [0.25, 0.3) is 0 Å². The van der Waals surface area contributed by atoms with E-state index in [1.54, 1.807) is 4.90 Å². The first-order valence-corrected chi connectivity index (χ1v) is 11.4. The zero-order valence-corrected chi connectivity index (χ0v) is 18.3. The van der Waals surface area contributed by atoms with Crippen LogP contribution in [0.2, 0.25) is 0 Å². The lowest BCUT2D eigenvalue weighted by molar-refractivity contribution is -0.139. The van der Waals surface area contributed by atoms with Gasteiger partial charge in [-0.15, -0.1) is 0 Å². The summed E-state index contributed by atoms with van der Waals surface area (Å²) in [4.78, 5) is 29.5. The first-order valence-electron chi connectivity index (χ1n) is 11.4. The topological polar surface area (TPSA) is 49.9 Å². The first-order chi connectivity index (χ1) is 15.1. The van der Waals surface area contributed by atoms with Crippen molar-refractivity contribution in [3.8, 4) is 5.75 Å². The van der Waals surface area contributed by atoms with Gasteiger partial charge in [0.15, 0.2) is 0 Å². The third kappa shape index (κ3) is 6.09. The first kappa shape index (κ1) is 21.4. The summed E-state index contributed by atoms with van der Waals surface area (Å²) in [5.41, 5.74) is 1.11. The van der Waals surface area contributed by atoms with Gasteiger partial charge in [-0.3, -0.25) is 9.59 Å². The van der Waals surface area contributed by atoms with Crippen molar-refractivity contribution >= 4 is 11.8 Å². The Labute approximate surface area is 185 Å². The Balaban J connectivity index is 1.41. The molecule has 31 heavy (non-hydrogen) atoms. The Kier molecular flexibility index (Phi) is 6.90. The number of benzene rings is 2. The fraction of sp³-hybridized carbons (Fsp3) is 0.462. The maximum Gasteiger partial charge on any atom is 0.223 e. The number of para-hydroxylation sites is 1. The van der Waals surface area contributed by atoms with Crippen LogP contribution in [0.5, 0.6) is 5.75 Å². The van der Waals surface area contributed by atoms with E-state index in [2.05, 4.69) is 0 Å². The summed E-state index contributed by atoms with van der Waals surface area (Å²) < 4.78 is 6.28. The lowest BCUT2D eigenvalue weighted by atomic mass is 9.90. The Bertz CT molecular complexity index is 867. The van der Waals surface area contributed by atoms with Gasteiger partial charge in [-0.1, -0.05) is 48.5 Å². The zero-order valence-electron chi connectivity index (χ0n) is 18.3. The summed E-state index contributed by atoms with van der Waals surface area (Å²) in [5.74, 6) is 1.70. The molecule has 5 heteroatoms. The van der Waals surface area contributed by atoms with Gasteiger partial charge in [-0.2, -0.15) is 0 Å². The number of hydrogen-bond acceptors (Lipinski definition) is 3. The number of carbonyl (C=O) groups is 2. The molecule has 0 radical (unpaired) electrons. The summed E-state index contributed by atoms with van der Waals surface area (Å²) in [6, 6.07) is 19.8. The summed E-state index contributed by atoms with van der Waals surface area (Å²) in [5, 5.41) is 0. The molecular weight excluding hydrogens is 388 g/mol. The number of ether oxygens (including phenoxy) is 1. The average Bonchev–Trinajstić information content (AvgIpc) is 3.60. The second-order valence-electron chi connectivity index (χ2n) is 8.94. The van der Waals surface area contributed by atoms with Gasteiger partial charge in [-0.05, 0) is 36.5 Å². The van der Waals surface area contributed by atoms with Gasteiger partial charge >= 0.3 is 0 Å². The van der Waals surface area contributed by atoms with Crippen molar-refractivity contribution in [1.29, 1.82) is 0 Å². The summed E-state index contributed by atoms with van der Waals surface area (Å²) in [6.45, 7) is 1.88. The molecular formula is C26H32N2O3. The van der Waals surface area contributed by atoms with Crippen LogP contribution in [0.3, 0.4) is 0 Å². The number of carbonyl (C=O) groups excluding carboxylic acids is 2. The Morgan fingerprint density at radius 2 is 1.65 bits per heavy atom. The van der Waals surface area contributed by atoms with Crippen LogP contribution in [0.1, 0.15) is 37.7 Å². The number of piperidine rings is 1. The zero-order chi connectivity index (χ0) is 21.6. The highest BCUT2D eigenvalue weighted by Gasteiger charge is 2.36. The maximum absolute atomic E-state index is 13.0. The Morgan fingerprint density at radius 3 is 2.32 bits per heavy atom. The fourth-order valence-electron chi connectivity index (χ4n) is 4.29. The molecule has 0 bridgehead atoms. The molecule has 4 rings (SSSR count). The number of hydrogen-bond donors (Lipinski definition) is 0. The molecule has 164 valence electrons. The predicted molar refractivity (Wildman–Crippen MR) is 120 cm³/mol. The van der Waals surface area contributed by atoms with Crippen LogP contribution in [0.15, 0.2) is 60.7 Å². The van der Waals surface area contributed by atoms with Crippen LogP contribution < -0.4 is 4.74 Å². The average molecular weight is 421 g/mol. The molecule has 1 aliphatic heterocycles. The van der Waals surface area contributed by atoms with Crippen molar-refractivity contribution in [3.05, 3.63) is 66.2 Å². The van der Waals surface area contributed by atoms with Crippen LogP contribution in [-0.2, 0) is 16.1 Å². The molecule has 0 N–H and O–H groups in total. The van der Waals surface area contributed by atoms with Crippen molar-refractivity contribution in [2.24, 2.45) is 11.8 Å². The van der Waals surface area contributed by atoms with Crippen LogP contribution in [0.25, 0.3) is 0 Å². The van der Waals surface area contributed by atoms with E-state index in [4.69, 9.17) is 4.74 Å². The summed E-state index contributed by atoms with van der Waals surface area (Å²) >= 11 is 0. The quantitative estimate of drug-likeness (QED) is 0.645. The molecule has 2 aromatic rings. The molecule has 2 amide bonds. The molecule has 0 spiro atoms. The van der Waals surface area contributed by atoms with Crippen molar-refractivity contribution in [1.82, 2.24) is 9.80 Å². The van der Waals surface area contributed by atoms with Crippen LogP contribution in [0, 0.1) is 11.8 Å². The largest absolute Gasteiger partial charge is 0.490 e. The minimum Gasteiger partial charge on any atom is -0.490 e. The third-order valence-electron chi connectivity index (χ3n) is 6.33. The SMILES string of the molecule is CN(Cc1ccccc1)C(=O)C[C@H]1CN(C(=O)CC2CC2)CC[C@@H]1Oc1ccccc1. The molecule has 0 aromatic heterocycles.